The lowest BCUT2D eigenvalue weighted by Crippen LogP contribution is -2.25. The van der Waals surface area contributed by atoms with Crippen LogP contribution < -0.4 is 5.32 Å². The van der Waals surface area contributed by atoms with Gasteiger partial charge in [-0.2, -0.15) is 0 Å². The Bertz CT molecular complexity index is 1470. The number of rotatable bonds is 6. The van der Waals surface area contributed by atoms with Crippen LogP contribution in [-0.2, 0) is 6.42 Å². The van der Waals surface area contributed by atoms with Crippen LogP contribution in [0.5, 0.6) is 0 Å². The summed E-state index contributed by atoms with van der Waals surface area (Å²) >= 11 is 0. The molecule has 158 valence electrons. The molecular weight excluding hydrogens is 410 g/mol. The van der Waals surface area contributed by atoms with Crippen molar-refractivity contribution in [3.05, 3.63) is 88.5 Å². The number of amides is 1. The van der Waals surface area contributed by atoms with Crippen molar-refractivity contribution < 1.29 is 9.72 Å². The van der Waals surface area contributed by atoms with Crippen molar-refractivity contribution in [3.8, 4) is 11.4 Å². The van der Waals surface area contributed by atoms with Crippen LogP contribution in [0.4, 0.5) is 5.69 Å². The number of benzene rings is 2. The molecular formula is C22H17N7O3. The van der Waals surface area contributed by atoms with Gasteiger partial charge in [0.25, 0.3) is 11.6 Å². The van der Waals surface area contributed by atoms with Crippen LogP contribution in [0.15, 0.2) is 67.1 Å². The third-order valence-electron chi connectivity index (χ3n) is 5.12. The van der Waals surface area contributed by atoms with E-state index in [0.29, 0.717) is 30.0 Å². The minimum Gasteiger partial charge on any atom is -0.361 e. The SMILES string of the molecule is O=C(NCCc1c[nH]c2ccccc12)c1cn2nc(-c3cccc([N+](=O)[O-])c3)ncc2n1. The number of para-hydroxylation sites is 1. The Labute approximate surface area is 181 Å². The molecule has 0 saturated heterocycles. The summed E-state index contributed by atoms with van der Waals surface area (Å²) in [6, 6.07) is 14.1. The zero-order chi connectivity index (χ0) is 22.1. The summed E-state index contributed by atoms with van der Waals surface area (Å²) in [5.41, 5.74) is 3.26. The molecule has 10 nitrogen and oxygen atoms in total. The lowest BCUT2D eigenvalue weighted by Gasteiger charge is -2.02. The van der Waals surface area contributed by atoms with E-state index >= 15 is 0 Å². The van der Waals surface area contributed by atoms with Crippen LogP contribution in [0.1, 0.15) is 16.1 Å². The number of nitro groups is 1. The normalized spacial score (nSPS) is 11.1. The van der Waals surface area contributed by atoms with E-state index in [1.54, 1.807) is 12.1 Å². The van der Waals surface area contributed by atoms with Crippen LogP contribution >= 0.6 is 0 Å². The maximum absolute atomic E-state index is 12.6. The number of carbonyl (C=O) groups excluding carboxylic acids is 1. The molecule has 0 fully saturated rings. The molecule has 10 heteroatoms. The van der Waals surface area contributed by atoms with Crippen molar-refractivity contribution in [1.82, 2.24) is 29.9 Å². The second kappa shape index (κ2) is 7.91. The lowest BCUT2D eigenvalue weighted by atomic mass is 10.1. The van der Waals surface area contributed by atoms with Gasteiger partial charge in [0.2, 0.25) is 0 Å². The number of nitrogens with one attached hydrogen (secondary N) is 2. The highest BCUT2D eigenvalue weighted by molar-refractivity contribution is 5.92. The van der Waals surface area contributed by atoms with Crippen LogP contribution in [0, 0.1) is 10.1 Å². The average Bonchev–Trinajstić information content (AvgIpc) is 3.43. The van der Waals surface area contributed by atoms with Crippen molar-refractivity contribution in [3.63, 3.8) is 0 Å². The number of imidazole rings is 1. The number of non-ortho nitro benzene ring substituents is 1. The van der Waals surface area contributed by atoms with Gasteiger partial charge in [-0.1, -0.05) is 30.3 Å². The number of aromatic amines is 1. The van der Waals surface area contributed by atoms with Crippen molar-refractivity contribution in [2.45, 2.75) is 6.42 Å². The highest BCUT2D eigenvalue weighted by Gasteiger charge is 2.14. The Morgan fingerprint density at radius 3 is 2.94 bits per heavy atom. The second-order valence-corrected chi connectivity index (χ2v) is 7.18. The molecule has 0 aliphatic carbocycles. The number of carbonyl (C=O) groups is 1. The fourth-order valence-corrected chi connectivity index (χ4v) is 3.54. The molecule has 0 atom stereocenters. The fourth-order valence-electron chi connectivity index (χ4n) is 3.54. The first kappa shape index (κ1) is 19.4. The molecule has 0 saturated carbocycles. The first-order valence-electron chi connectivity index (χ1n) is 9.89. The standard InChI is InChI=1S/C22H17N7O3/c30-22(23-9-8-15-11-24-18-7-2-1-6-17(15)18)19-13-28-20(26-19)12-25-21(27-28)14-4-3-5-16(10-14)29(31)32/h1-7,10-13,24H,8-9H2,(H,23,30). The van der Waals surface area contributed by atoms with Crippen molar-refractivity contribution >= 4 is 28.1 Å². The Hall–Kier alpha value is -4.60. The molecule has 2 N–H and O–H groups in total. The molecule has 0 spiro atoms. The number of hydrogen-bond acceptors (Lipinski definition) is 6. The Balaban J connectivity index is 1.30. The van der Waals surface area contributed by atoms with E-state index < -0.39 is 4.92 Å². The molecule has 0 aliphatic heterocycles. The van der Waals surface area contributed by atoms with E-state index in [1.807, 2.05) is 30.5 Å². The van der Waals surface area contributed by atoms with Crippen LogP contribution in [0.25, 0.3) is 27.9 Å². The molecule has 3 aromatic heterocycles. The third kappa shape index (κ3) is 3.65. The molecule has 5 aromatic rings. The van der Waals surface area contributed by atoms with E-state index in [4.69, 9.17) is 0 Å². The maximum Gasteiger partial charge on any atom is 0.271 e. The maximum atomic E-state index is 12.6. The molecule has 3 heterocycles. The monoisotopic (exact) mass is 427 g/mol. The summed E-state index contributed by atoms with van der Waals surface area (Å²) in [5, 5.41) is 19.4. The zero-order valence-corrected chi connectivity index (χ0v) is 16.7. The molecule has 0 bridgehead atoms. The first-order chi connectivity index (χ1) is 15.6. The third-order valence-corrected chi connectivity index (χ3v) is 5.12. The summed E-state index contributed by atoms with van der Waals surface area (Å²) in [4.78, 5) is 34.8. The van der Waals surface area contributed by atoms with E-state index in [1.165, 1.54) is 29.0 Å². The van der Waals surface area contributed by atoms with Gasteiger partial charge in [0.15, 0.2) is 11.5 Å². The Kier molecular flexibility index (Phi) is 4.79. The number of hydrogen-bond donors (Lipinski definition) is 2. The van der Waals surface area contributed by atoms with Gasteiger partial charge >= 0.3 is 0 Å². The van der Waals surface area contributed by atoms with Gasteiger partial charge in [0.05, 0.1) is 17.3 Å². The molecule has 0 radical (unpaired) electrons. The second-order valence-electron chi connectivity index (χ2n) is 7.18. The fraction of sp³-hybridized carbons (Fsp3) is 0.0909. The van der Waals surface area contributed by atoms with E-state index in [2.05, 4.69) is 25.4 Å². The van der Waals surface area contributed by atoms with Crippen molar-refractivity contribution in [2.24, 2.45) is 0 Å². The number of nitrogens with zero attached hydrogens (tertiary/aromatic N) is 5. The molecule has 1 amide bonds. The summed E-state index contributed by atoms with van der Waals surface area (Å²) in [7, 11) is 0. The Morgan fingerprint density at radius 1 is 1.19 bits per heavy atom. The summed E-state index contributed by atoms with van der Waals surface area (Å²) in [6.45, 7) is 0.458. The van der Waals surface area contributed by atoms with E-state index in [-0.39, 0.29) is 17.3 Å². The van der Waals surface area contributed by atoms with Crippen molar-refractivity contribution in [1.29, 1.82) is 0 Å². The van der Waals surface area contributed by atoms with Crippen LogP contribution in [-0.4, -0.2) is 41.9 Å². The minimum atomic E-state index is -0.474. The zero-order valence-electron chi connectivity index (χ0n) is 16.7. The lowest BCUT2D eigenvalue weighted by molar-refractivity contribution is -0.384. The van der Waals surface area contributed by atoms with E-state index in [0.717, 1.165) is 16.5 Å². The molecule has 0 unspecified atom stereocenters. The predicted molar refractivity (Wildman–Crippen MR) is 117 cm³/mol. The number of nitro benzene ring substituents is 1. The van der Waals surface area contributed by atoms with Gasteiger partial charge in [-0.05, 0) is 18.1 Å². The van der Waals surface area contributed by atoms with Crippen LogP contribution in [0.3, 0.4) is 0 Å². The van der Waals surface area contributed by atoms with Gasteiger partial charge in [0.1, 0.15) is 5.69 Å². The topological polar surface area (TPSA) is 131 Å². The molecule has 0 aliphatic rings. The first-order valence-corrected chi connectivity index (χ1v) is 9.89. The predicted octanol–water partition coefficient (Wildman–Crippen LogP) is 3.15. The quantitative estimate of drug-likeness (QED) is 0.316. The molecule has 5 rings (SSSR count). The van der Waals surface area contributed by atoms with Gasteiger partial charge in [0, 0.05) is 41.3 Å². The van der Waals surface area contributed by atoms with Gasteiger partial charge in [-0.25, -0.2) is 14.5 Å². The minimum absolute atomic E-state index is 0.0490. The van der Waals surface area contributed by atoms with Crippen molar-refractivity contribution in [2.75, 3.05) is 6.54 Å². The highest BCUT2D eigenvalue weighted by Crippen LogP contribution is 2.21. The summed E-state index contributed by atoms with van der Waals surface area (Å²) in [5.74, 6) is -0.0165. The van der Waals surface area contributed by atoms with Crippen LogP contribution in [0.2, 0.25) is 0 Å². The Morgan fingerprint density at radius 2 is 2.06 bits per heavy atom. The largest absolute Gasteiger partial charge is 0.361 e. The summed E-state index contributed by atoms with van der Waals surface area (Å²) < 4.78 is 1.44. The molecule has 32 heavy (non-hydrogen) atoms. The van der Waals surface area contributed by atoms with E-state index in [9.17, 15) is 14.9 Å². The molecule has 2 aromatic carbocycles. The number of aromatic nitrogens is 5. The average molecular weight is 427 g/mol. The highest BCUT2D eigenvalue weighted by atomic mass is 16.6. The van der Waals surface area contributed by atoms with Gasteiger partial charge in [-0.3, -0.25) is 14.9 Å². The number of H-pyrrole nitrogens is 1. The van der Waals surface area contributed by atoms with Gasteiger partial charge in [-0.15, -0.1) is 5.10 Å². The smallest absolute Gasteiger partial charge is 0.271 e. The number of fused-ring (bicyclic) bond motifs is 2. The summed E-state index contributed by atoms with van der Waals surface area (Å²) in [6.07, 6.45) is 5.62. The van der Waals surface area contributed by atoms with Gasteiger partial charge < -0.3 is 10.3 Å².